The van der Waals surface area contributed by atoms with Gasteiger partial charge in [-0.3, -0.25) is 0 Å². The van der Waals surface area contributed by atoms with E-state index < -0.39 is 5.30 Å². The number of hydrogen-bond donors (Lipinski definition) is 1. The first-order chi connectivity index (χ1) is 8.20. The third-order valence-corrected chi connectivity index (χ3v) is 3.80. The molecular formula is C14H18O3S. The molecule has 0 fully saturated rings. The lowest BCUT2D eigenvalue weighted by molar-refractivity contribution is 0.0532. The predicted molar refractivity (Wildman–Crippen MR) is 72.7 cm³/mol. The van der Waals surface area contributed by atoms with Gasteiger partial charge in [0.05, 0.1) is 0 Å². The van der Waals surface area contributed by atoms with E-state index in [0.717, 1.165) is 34.4 Å². The normalized spacial score (nSPS) is 19.8. The van der Waals surface area contributed by atoms with Gasteiger partial charge in [-0.05, 0) is 55.6 Å². The number of fused-ring (bicyclic) bond motifs is 1. The maximum atomic E-state index is 10.7. The lowest BCUT2D eigenvalue weighted by Crippen LogP contribution is -2.41. The minimum Gasteiger partial charge on any atom is -0.488 e. The molecule has 0 amide bonds. The zero-order valence-corrected chi connectivity index (χ0v) is 11.9. The maximum absolute atomic E-state index is 10.7. The van der Waals surface area contributed by atoms with E-state index in [1.54, 1.807) is 6.07 Å². The SMILES string of the molecule is CC1(C)CC(C)(C)c2cc(SC(=O)O)ccc2O1. The van der Waals surface area contributed by atoms with E-state index in [9.17, 15) is 4.79 Å². The van der Waals surface area contributed by atoms with Crippen molar-refractivity contribution in [3.8, 4) is 5.75 Å². The van der Waals surface area contributed by atoms with Crippen LogP contribution in [0, 0.1) is 0 Å². The Kier molecular flexibility index (Phi) is 3.09. The second kappa shape index (κ2) is 4.19. The number of rotatable bonds is 1. The van der Waals surface area contributed by atoms with E-state index in [-0.39, 0.29) is 11.0 Å². The van der Waals surface area contributed by atoms with Gasteiger partial charge in [-0.15, -0.1) is 0 Å². The monoisotopic (exact) mass is 266 g/mol. The third kappa shape index (κ3) is 2.64. The van der Waals surface area contributed by atoms with E-state index in [2.05, 4.69) is 27.7 Å². The van der Waals surface area contributed by atoms with Crippen LogP contribution >= 0.6 is 11.8 Å². The summed E-state index contributed by atoms with van der Waals surface area (Å²) in [4.78, 5) is 11.5. The lowest BCUT2D eigenvalue weighted by Gasteiger charge is -2.42. The van der Waals surface area contributed by atoms with Crippen LogP contribution in [-0.2, 0) is 5.41 Å². The zero-order valence-electron chi connectivity index (χ0n) is 11.1. The summed E-state index contributed by atoms with van der Waals surface area (Å²) in [5.74, 6) is 0.867. The topological polar surface area (TPSA) is 46.5 Å². The fourth-order valence-corrected chi connectivity index (χ4v) is 3.30. The number of hydrogen-bond acceptors (Lipinski definition) is 3. The van der Waals surface area contributed by atoms with Gasteiger partial charge in [0.25, 0.3) is 0 Å². The Labute approximate surface area is 112 Å². The minimum absolute atomic E-state index is 0.00778. The molecule has 0 saturated carbocycles. The van der Waals surface area contributed by atoms with Gasteiger partial charge in [0, 0.05) is 10.5 Å². The summed E-state index contributed by atoms with van der Waals surface area (Å²) in [5.41, 5.74) is 0.900. The van der Waals surface area contributed by atoms with Crippen LogP contribution in [0.5, 0.6) is 5.75 Å². The first kappa shape index (κ1) is 13.3. The summed E-state index contributed by atoms with van der Waals surface area (Å²) in [7, 11) is 0. The van der Waals surface area contributed by atoms with Crippen LogP contribution < -0.4 is 4.74 Å². The van der Waals surface area contributed by atoms with Gasteiger partial charge in [-0.2, -0.15) is 0 Å². The second-order valence-corrected chi connectivity index (χ2v) is 6.97. The van der Waals surface area contributed by atoms with Gasteiger partial charge in [0.1, 0.15) is 11.4 Å². The highest BCUT2D eigenvalue weighted by Crippen LogP contribution is 2.45. The molecule has 1 heterocycles. The van der Waals surface area contributed by atoms with Crippen molar-refractivity contribution in [1.29, 1.82) is 0 Å². The van der Waals surface area contributed by atoms with Gasteiger partial charge in [0.15, 0.2) is 0 Å². The van der Waals surface area contributed by atoms with Crippen molar-refractivity contribution in [3.05, 3.63) is 23.8 Å². The Bertz CT molecular complexity index is 492. The van der Waals surface area contributed by atoms with Crippen molar-refractivity contribution in [2.45, 2.75) is 50.0 Å². The van der Waals surface area contributed by atoms with Crippen LogP contribution in [-0.4, -0.2) is 16.0 Å². The van der Waals surface area contributed by atoms with Crippen LogP contribution in [0.15, 0.2) is 23.1 Å². The zero-order chi connectivity index (χ0) is 13.6. The van der Waals surface area contributed by atoms with E-state index in [0.29, 0.717) is 0 Å². The molecule has 1 aliphatic heterocycles. The van der Waals surface area contributed by atoms with Gasteiger partial charge in [-0.1, -0.05) is 13.8 Å². The van der Waals surface area contributed by atoms with Gasteiger partial charge < -0.3 is 9.84 Å². The molecule has 0 atom stereocenters. The fraction of sp³-hybridized carbons (Fsp3) is 0.500. The lowest BCUT2D eigenvalue weighted by atomic mass is 9.74. The molecular weight excluding hydrogens is 248 g/mol. The molecule has 0 unspecified atom stereocenters. The number of benzene rings is 1. The number of ether oxygens (including phenoxy) is 1. The quantitative estimate of drug-likeness (QED) is 0.770. The highest BCUT2D eigenvalue weighted by Gasteiger charge is 2.38. The van der Waals surface area contributed by atoms with Crippen LogP contribution in [0.1, 0.15) is 39.7 Å². The number of carboxylic acid groups (broad SMARTS) is 1. The van der Waals surface area contributed by atoms with Crippen molar-refractivity contribution in [1.82, 2.24) is 0 Å². The molecule has 1 N–H and O–H groups in total. The number of thioether (sulfide) groups is 1. The molecule has 3 nitrogen and oxygen atoms in total. The second-order valence-electron chi connectivity index (χ2n) is 5.95. The van der Waals surface area contributed by atoms with Gasteiger partial charge >= 0.3 is 5.30 Å². The largest absolute Gasteiger partial charge is 0.488 e. The maximum Gasteiger partial charge on any atom is 0.369 e. The molecule has 1 aromatic carbocycles. The van der Waals surface area contributed by atoms with Crippen LogP contribution in [0.3, 0.4) is 0 Å². The average molecular weight is 266 g/mol. The average Bonchev–Trinajstić information content (AvgIpc) is 2.15. The molecule has 18 heavy (non-hydrogen) atoms. The Balaban J connectivity index is 2.43. The van der Waals surface area contributed by atoms with Crippen molar-refractivity contribution < 1.29 is 14.6 Å². The van der Waals surface area contributed by atoms with Crippen LogP contribution in [0.25, 0.3) is 0 Å². The molecule has 1 aromatic rings. The third-order valence-electron chi connectivity index (χ3n) is 3.14. The molecule has 0 radical (unpaired) electrons. The highest BCUT2D eigenvalue weighted by molar-refractivity contribution is 8.13. The molecule has 0 spiro atoms. The van der Waals surface area contributed by atoms with E-state index in [4.69, 9.17) is 9.84 Å². The fourth-order valence-electron chi connectivity index (χ4n) is 2.78. The molecule has 4 heteroatoms. The van der Waals surface area contributed by atoms with Crippen molar-refractivity contribution in [3.63, 3.8) is 0 Å². The first-order valence-electron chi connectivity index (χ1n) is 5.94. The molecule has 0 bridgehead atoms. The molecule has 0 aromatic heterocycles. The summed E-state index contributed by atoms with van der Waals surface area (Å²) in [6.45, 7) is 8.51. The Morgan fingerprint density at radius 3 is 2.61 bits per heavy atom. The molecule has 0 saturated heterocycles. The van der Waals surface area contributed by atoms with Crippen LogP contribution in [0.4, 0.5) is 4.79 Å². The molecule has 0 aliphatic carbocycles. The molecule has 1 aliphatic rings. The highest BCUT2D eigenvalue weighted by atomic mass is 32.2. The van der Waals surface area contributed by atoms with Crippen molar-refractivity contribution >= 4 is 17.1 Å². The predicted octanol–water partition coefficient (Wildman–Crippen LogP) is 4.30. The summed E-state index contributed by atoms with van der Waals surface area (Å²) in [6, 6.07) is 5.61. The summed E-state index contributed by atoms with van der Waals surface area (Å²) in [6.07, 6.45) is 0.911. The number of carbonyl (C=O) groups is 1. The van der Waals surface area contributed by atoms with Crippen molar-refractivity contribution in [2.24, 2.45) is 0 Å². The van der Waals surface area contributed by atoms with Crippen LogP contribution in [0.2, 0.25) is 0 Å². The first-order valence-corrected chi connectivity index (χ1v) is 6.76. The van der Waals surface area contributed by atoms with Gasteiger partial charge in [0.2, 0.25) is 0 Å². The Hall–Kier alpha value is -1.16. The minimum atomic E-state index is -0.884. The molecule has 2 rings (SSSR count). The Morgan fingerprint density at radius 1 is 1.33 bits per heavy atom. The van der Waals surface area contributed by atoms with E-state index in [1.165, 1.54) is 0 Å². The standard InChI is InChI=1S/C14H18O3S/c1-13(2)8-14(3,4)17-11-6-5-9(7-10(11)13)18-12(15)16/h5-7H,8H2,1-4H3,(H,15,16). The summed E-state index contributed by atoms with van der Waals surface area (Å²) in [5, 5.41) is 7.93. The Morgan fingerprint density at radius 2 is 2.00 bits per heavy atom. The van der Waals surface area contributed by atoms with Gasteiger partial charge in [-0.25, -0.2) is 4.79 Å². The smallest absolute Gasteiger partial charge is 0.369 e. The molecule has 98 valence electrons. The van der Waals surface area contributed by atoms with Crippen molar-refractivity contribution in [2.75, 3.05) is 0 Å². The summed E-state index contributed by atoms with van der Waals surface area (Å²) >= 11 is 0.833. The van der Waals surface area contributed by atoms with E-state index in [1.807, 2.05) is 12.1 Å². The van der Waals surface area contributed by atoms with E-state index >= 15 is 0 Å². The summed E-state index contributed by atoms with van der Waals surface area (Å²) < 4.78 is 5.96.